The summed E-state index contributed by atoms with van der Waals surface area (Å²) in [4.78, 5) is 30.3. The van der Waals surface area contributed by atoms with E-state index in [2.05, 4.69) is 4.90 Å². The van der Waals surface area contributed by atoms with Crippen LogP contribution in [0.5, 0.6) is 5.75 Å². The molecule has 1 aliphatic heterocycles. The van der Waals surface area contributed by atoms with Crippen LogP contribution in [0.4, 0.5) is 0 Å². The maximum Gasteiger partial charge on any atom is 0.295 e. The summed E-state index contributed by atoms with van der Waals surface area (Å²) in [6, 6.07) is 19.1. The number of aliphatic hydroxyl groups is 1. The standard InChI is InChI=1S/C31H32Cl2N2O4/c1-4-34(5-2)15-16-35-28(24-13-12-23(32)18-25(24)33)27(30(37)31(35)38)29(36)22-11-14-26(20(3)17-22)39-19-21-9-7-6-8-10-21/h6-14,17-18,28,36H,4-5,15-16,19H2,1-3H3/b29-27+/t28-/m0/s1. The van der Waals surface area contributed by atoms with Crippen LogP contribution >= 0.6 is 23.2 Å². The zero-order valence-electron chi connectivity index (χ0n) is 22.3. The van der Waals surface area contributed by atoms with E-state index in [0.717, 1.165) is 24.2 Å². The Hall–Kier alpha value is -3.32. The van der Waals surface area contributed by atoms with E-state index in [1.165, 1.54) is 4.90 Å². The minimum Gasteiger partial charge on any atom is -0.507 e. The number of likely N-dealkylation sites (N-methyl/N-ethyl adjacent to an activating group) is 1. The number of ketones is 1. The molecule has 1 heterocycles. The molecule has 0 spiro atoms. The average Bonchev–Trinajstić information content (AvgIpc) is 3.18. The minimum atomic E-state index is -0.848. The van der Waals surface area contributed by atoms with Crippen LogP contribution in [-0.2, 0) is 16.2 Å². The highest BCUT2D eigenvalue weighted by Crippen LogP contribution is 2.42. The summed E-state index contributed by atoms with van der Waals surface area (Å²) in [7, 11) is 0. The molecule has 0 bridgehead atoms. The monoisotopic (exact) mass is 566 g/mol. The normalized spacial score (nSPS) is 16.8. The third-order valence-electron chi connectivity index (χ3n) is 7.03. The number of aliphatic hydroxyl groups excluding tert-OH is 1. The molecule has 1 saturated heterocycles. The molecule has 6 nitrogen and oxygen atoms in total. The Balaban J connectivity index is 1.72. The number of rotatable bonds is 10. The lowest BCUT2D eigenvalue weighted by Gasteiger charge is -2.28. The summed E-state index contributed by atoms with van der Waals surface area (Å²) in [5.74, 6) is -1.01. The van der Waals surface area contributed by atoms with Crippen molar-refractivity contribution in [1.29, 1.82) is 0 Å². The minimum absolute atomic E-state index is 0.00104. The van der Waals surface area contributed by atoms with E-state index in [9.17, 15) is 14.7 Å². The molecule has 0 aliphatic carbocycles. The number of aryl methyl sites for hydroxylation is 1. The first-order chi connectivity index (χ1) is 18.7. The summed E-state index contributed by atoms with van der Waals surface area (Å²) in [5, 5.41) is 12.2. The van der Waals surface area contributed by atoms with Gasteiger partial charge in [-0.2, -0.15) is 0 Å². The first-order valence-electron chi connectivity index (χ1n) is 13.0. The lowest BCUT2D eigenvalue weighted by Crippen LogP contribution is -2.38. The van der Waals surface area contributed by atoms with Gasteiger partial charge < -0.3 is 19.6 Å². The molecule has 0 saturated carbocycles. The van der Waals surface area contributed by atoms with Gasteiger partial charge in [-0.05, 0) is 67.0 Å². The van der Waals surface area contributed by atoms with E-state index in [1.807, 2.05) is 51.1 Å². The molecule has 1 atom stereocenters. The number of benzene rings is 3. The van der Waals surface area contributed by atoms with Gasteiger partial charge in [-0.25, -0.2) is 0 Å². The zero-order valence-corrected chi connectivity index (χ0v) is 23.8. The molecule has 8 heteroatoms. The van der Waals surface area contributed by atoms with Crippen LogP contribution in [0.2, 0.25) is 10.0 Å². The molecule has 4 rings (SSSR count). The molecular formula is C31H32Cl2N2O4. The highest BCUT2D eigenvalue weighted by atomic mass is 35.5. The summed E-state index contributed by atoms with van der Waals surface area (Å²) < 4.78 is 5.97. The van der Waals surface area contributed by atoms with E-state index in [4.69, 9.17) is 27.9 Å². The molecule has 3 aromatic carbocycles. The Bertz CT molecular complexity index is 1390. The number of nitrogens with zero attached hydrogens (tertiary/aromatic N) is 2. The van der Waals surface area contributed by atoms with Crippen molar-refractivity contribution in [2.24, 2.45) is 0 Å². The second kappa shape index (κ2) is 12.7. The number of likely N-dealkylation sites (tertiary alicyclic amines) is 1. The number of Topliss-reactive ketones (excluding diaryl/α,β-unsaturated/α-hetero) is 1. The van der Waals surface area contributed by atoms with Gasteiger partial charge in [0.15, 0.2) is 0 Å². The van der Waals surface area contributed by atoms with Crippen molar-refractivity contribution < 1.29 is 19.4 Å². The summed E-state index contributed by atoms with van der Waals surface area (Å²) in [6.07, 6.45) is 0. The number of ether oxygens (including phenoxy) is 1. The molecule has 0 radical (unpaired) electrons. The van der Waals surface area contributed by atoms with Crippen LogP contribution in [0.15, 0.2) is 72.3 Å². The highest BCUT2D eigenvalue weighted by molar-refractivity contribution is 6.47. The molecule has 0 aromatic heterocycles. The topological polar surface area (TPSA) is 70.1 Å². The van der Waals surface area contributed by atoms with E-state index in [1.54, 1.807) is 36.4 Å². The van der Waals surface area contributed by atoms with Crippen LogP contribution in [0.3, 0.4) is 0 Å². The Kier molecular flexibility index (Phi) is 9.33. The van der Waals surface area contributed by atoms with Crippen molar-refractivity contribution in [1.82, 2.24) is 9.80 Å². The Morgan fingerprint density at radius 3 is 2.36 bits per heavy atom. The SMILES string of the molecule is CCN(CC)CCN1C(=O)C(=O)/C(=C(/O)c2ccc(OCc3ccccc3)c(C)c2)[C@@H]1c1ccc(Cl)cc1Cl. The lowest BCUT2D eigenvalue weighted by atomic mass is 9.94. The average molecular weight is 568 g/mol. The van der Waals surface area contributed by atoms with Crippen LogP contribution in [0.1, 0.15) is 42.1 Å². The number of hydrogen-bond donors (Lipinski definition) is 1. The third kappa shape index (κ3) is 6.30. The van der Waals surface area contributed by atoms with Crippen molar-refractivity contribution in [3.63, 3.8) is 0 Å². The zero-order chi connectivity index (χ0) is 28.1. The summed E-state index contributed by atoms with van der Waals surface area (Å²) in [6.45, 7) is 8.86. The largest absolute Gasteiger partial charge is 0.507 e. The molecule has 1 N–H and O–H groups in total. The predicted molar refractivity (Wildman–Crippen MR) is 155 cm³/mol. The van der Waals surface area contributed by atoms with Gasteiger partial charge in [-0.15, -0.1) is 0 Å². The van der Waals surface area contributed by atoms with Crippen LogP contribution in [0, 0.1) is 6.92 Å². The van der Waals surface area contributed by atoms with Gasteiger partial charge in [-0.3, -0.25) is 9.59 Å². The fourth-order valence-electron chi connectivity index (χ4n) is 4.80. The van der Waals surface area contributed by atoms with Crippen molar-refractivity contribution in [2.45, 2.75) is 33.4 Å². The molecule has 204 valence electrons. The van der Waals surface area contributed by atoms with Gasteiger partial charge >= 0.3 is 0 Å². The smallest absolute Gasteiger partial charge is 0.295 e. The molecule has 1 fully saturated rings. The van der Waals surface area contributed by atoms with E-state index in [-0.39, 0.29) is 11.3 Å². The van der Waals surface area contributed by atoms with Crippen LogP contribution < -0.4 is 4.74 Å². The van der Waals surface area contributed by atoms with Crippen molar-refractivity contribution in [3.05, 3.63) is 105 Å². The molecule has 3 aromatic rings. The fourth-order valence-corrected chi connectivity index (χ4v) is 5.31. The Morgan fingerprint density at radius 2 is 1.72 bits per heavy atom. The maximum atomic E-state index is 13.4. The first kappa shape index (κ1) is 28.7. The summed E-state index contributed by atoms with van der Waals surface area (Å²) >= 11 is 12.7. The fraction of sp³-hybridized carbons (Fsp3) is 0.290. The van der Waals surface area contributed by atoms with Crippen molar-refractivity contribution in [3.8, 4) is 5.75 Å². The van der Waals surface area contributed by atoms with E-state index >= 15 is 0 Å². The second-order valence-corrected chi connectivity index (χ2v) is 10.3. The molecule has 1 aliphatic rings. The van der Waals surface area contributed by atoms with Gasteiger partial charge in [-0.1, -0.05) is 73.4 Å². The van der Waals surface area contributed by atoms with E-state index in [0.29, 0.717) is 46.6 Å². The van der Waals surface area contributed by atoms with Gasteiger partial charge in [0, 0.05) is 28.7 Å². The molecule has 0 unspecified atom stereocenters. The number of halogens is 2. The number of carbonyl (C=O) groups excluding carboxylic acids is 2. The lowest BCUT2D eigenvalue weighted by molar-refractivity contribution is -0.140. The van der Waals surface area contributed by atoms with Crippen molar-refractivity contribution >= 4 is 40.7 Å². The van der Waals surface area contributed by atoms with Crippen LogP contribution in [-0.4, -0.2) is 52.8 Å². The van der Waals surface area contributed by atoms with Gasteiger partial charge in [0.1, 0.15) is 18.1 Å². The maximum absolute atomic E-state index is 13.4. The van der Waals surface area contributed by atoms with E-state index < -0.39 is 17.7 Å². The van der Waals surface area contributed by atoms with Gasteiger partial charge in [0.05, 0.1) is 11.6 Å². The second-order valence-electron chi connectivity index (χ2n) is 9.44. The predicted octanol–water partition coefficient (Wildman–Crippen LogP) is 6.64. The Morgan fingerprint density at radius 1 is 1.00 bits per heavy atom. The first-order valence-corrected chi connectivity index (χ1v) is 13.7. The van der Waals surface area contributed by atoms with Gasteiger partial charge in [0.2, 0.25) is 0 Å². The third-order valence-corrected chi connectivity index (χ3v) is 7.60. The number of amides is 1. The summed E-state index contributed by atoms with van der Waals surface area (Å²) in [5.41, 5.74) is 2.76. The molecule has 39 heavy (non-hydrogen) atoms. The number of hydrogen-bond acceptors (Lipinski definition) is 5. The van der Waals surface area contributed by atoms with Gasteiger partial charge in [0.25, 0.3) is 11.7 Å². The molecule has 1 amide bonds. The number of carbonyl (C=O) groups is 2. The van der Waals surface area contributed by atoms with Crippen molar-refractivity contribution in [2.75, 3.05) is 26.2 Å². The quantitative estimate of drug-likeness (QED) is 0.169. The highest BCUT2D eigenvalue weighted by Gasteiger charge is 2.46. The molecular weight excluding hydrogens is 535 g/mol. The Labute approximate surface area is 239 Å². The van der Waals surface area contributed by atoms with Crippen LogP contribution in [0.25, 0.3) is 5.76 Å².